The van der Waals surface area contributed by atoms with Crippen LogP contribution in [-0.4, -0.2) is 19.5 Å². The van der Waals surface area contributed by atoms with Gasteiger partial charge in [-0.2, -0.15) is 0 Å². The number of imidazole rings is 1. The average molecular weight is 246 g/mol. The van der Waals surface area contributed by atoms with Gasteiger partial charge in [0.25, 0.3) is 0 Å². The molecule has 0 saturated heterocycles. The standard InChI is InChI=1S/C12H14N4S/c1-8(2)11-15-6-7-16(11)12-9(10(13)17)4-3-5-14-12/h3-8H,1-2H3,(H2,13,17). The van der Waals surface area contributed by atoms with Crippen molar-refractivity contribution in [1.82, 2.24) is 14.5 Å². The van der Waals surface area contributed by atoms with E-state index in [1.54, 1.807) is 12.4 Å². The van der Waals surface area contributed by atoms with Gasteiger partial charge < -0.3 is 5.73 Å². The van der Waals surface area contributed by atoms with Crippen LogP contribution in [0.5, 0.6) is 0 Å². The molecule has 0 aliphatic heterocycles. The summed E-state index contributed by atoms with van der Waals surface area (Å²) in [7, 11) is 0. The van der Waals surface area contributed by atoms with Crippen LogP contribution in [0.3, 0.4) is 0 Å². The molecule has 0 unspecified atom stereocenters. The minimum atomic E-state index is 0.311. The summed E-state index contributed by atoms with van der Waals surface area (Å²) >= 11 is 5.04. The van der Waals surface area contributed by atoms with E-state index in [1.165, 1.54) is 0 Å². The second-order valence-corrected chi connectivity index (χ2v) is 4.49. The SMILES string of the molecule is CC(C)c1nccn1-c1ncccc1C(N)=S. The molecule has 88 valence electrons. The maximum atomic E-state index is 5.70. The highest BCUT2D eigenvalue weighted by Crippen LogP contribution is 2.18. The van der Waals surface area contributed by atoms with Gasteiger partial charge in [0.05, 0.1) is 5.56 Å². The van der Waals surface area contributed by atoms with Crippen molar-refractivity contribution in [2.45, 2.75) is 19.8 Å². The van der Waals surface area contributed by atoms with Crippen LogP contribution in [0.25, 0.3) is 5.82 Å². The van der Waals surface area contributed by atoms with Crippen LogP contribution >= 0.6 is 12.2 Å². The average Bonchev–Trinajstić information content (AvgIpc) is 2.77. The predicted octanol–water partition coefficient (Wildman–Crippen LogP) is 2.02. The van der Waals surface area contributed by atoms with Crippen molar-refractivity contribution in [1.29, 1.82) is 0 Å². The van der Waals surface area contributed by atoms with Gasteiger partial charge in [0.1, 0.15) is 16.6 Å². The first-order valence-corrected chi connectivity index (χ1v) is 5.80. The van der Waals surface area contributed by atoms with Gasteiger partial charge in [0.2, 0.25) is 0 Å². The van der Waals surface area contributed by atoms with Crippen molar-refractivity contribution in [2.75, 3.05) is 0 Å². The minimum absolute atomic E-state index is 0.311. The molecule has 0 spiro atoms. The molecule has 2 aromatic rings. The lowest BCUT2D eigenvalue weighted by molar-refractivity contribution is 0.743. The van der Waals surface area contributed by atoms with Gasteiger partial charge in [-0.25, -0.2) is 9.97 Å². The summed E-state index contributed by atoms with van der Waals surface area (Å²) in [5, 5.41) is 0. The fourth-order valence-electron chi connectivity index (χ4n) is 1.70. The van der Waals surface area contributed by atoms with E-state index in [2.05, 4.69) is 23.8 Å². The van der Waals surface area contributed by atoms with Gasteiger partial charge >= 0.3 is 0 Å². The first-order valence-electron chi connectivity index (χ1n) is 5.39. The van der Waals surface area contributed by atoms with Crippen molar-refractivity contribution >= 4 is 17.2 Å². The molecule has 2 aromatic heterocycles. The van der Waals surface area contributed by atoms with Crippen LogP contribution in [0.15, 0.2) is 30.7 Å². The van der Waals surface area contributed by atoms with Gasteiger partial charge in [-0.15, -0.1) is 0 Å². The molecular weight excluding hydrogens is 232 g/mol. The zero-order valence-electron chi connectivity index (χ0n) is 9.79. The molecule has 0 saturated carbocycles. The van der Waals surface area contributed by atoms with Crippen molar-refractivity contribution in [3.05, 3.63) is 42.1 Å². The maximum absolute atomic E-state index is 5.70. The summed E-state index contributed by atoms with van der Waals surface area (Å²) in [6.07, 6.45) is 5.36. The van der Waals surface area contributed by atoms with E-state index in [1.807, 2.05) is 22.9 Å². The van der Waals surface area contributed by atoms with E-state index in [-0.39, 0.29) is 0 Å². The first-order chi connectivity index (χ1) is 8.11. The molecule has 0 atom stereocenters. The number of nitrogens with zero attached hydrogens (tertiary/aromatic N) is 3. The topological polar surface area (TPSA) is 56.7 Å². The molecule has 5 heteroatoms. The first kappa shape index (κ1) is 11.7. The molecular formula is C12H14N4S. The van der Waals surface area contributed by atoms with Crippen LogP contribution < -0.4 is 5.73 Å². The Hall–Kier alpha value is -1.75. The quantitative estimate of drug-likeness (QED) is 0.842. The summed E-state index contributed by atoms with van der Waals surface area (Å²) in [4.78, 5) is 9.02. The molecule has 17 heavy (non-hydrogen) atoms. The molecule has 0 amide bonds. The van der Waals surface area contributed by atoms with E-state index >= 15 is 0 Å². The zero-order valence-corrected chi connectivity index (χ0v) is 10.6. The van der Waals surface area contributed by atoms with Gasteiger partial charge in [0.15, 0.2) is 0 Å². The highest BCUT2D eigenvalue weighted by Gasteiger charge is 2.13. The second-order valence-electron chi connectivity index (χ2n) is 4.05. The third kappa shape index (κ3) is 2.19. The number of rotatable bonds is 3. The molecule has 0 radical (unpaired) electrons. The lowest BCUT2D eigenvalue weighted by atomic mass is 10.2. The normalized spacial score (nSPS) is 10.8. The summed E-state index contributed by atoms with van der Waals surface area (Å²) < 4.78 is 1.93. The smallest absolute Gasteiger partial charge is 0.148 e. The zero-order chi connectivity index (χ0) is 12.4. The fourth-order valence-corrected chi connectivity index (χ4v) is 1.86. The molecule has 2 N–H and O–H groups in total. The Morgan fingerprint density at radius 3 is 2.76 bits per heavy atom. The molecule has 0 aliphatic carbocycles. The minimum Gasteiger partial charge on any atom is -0.389 e. The number of thiocarbonyl (C=S) groups is 1. The van der Waals surface area contributed by atoms with Gasteiger partial charge in [-0.3, -0.25) is 4.57 Å². The monoisotopic (exact) mass is 246 g/mol. The van der Waals surface area contributed by atoms with Gasteiger partial charge in [-0.1, -0.05) is 26.1 Å². The van der Waals surface area contributed by atoms with Crippen LogP contribution in [0.1, 0.15) is 31.2 Å². The van der Waals surface area contributed by atoms with Crippen molar-refractivity contribution in [3.8, 4) is 5.82 Å². The summed E-state index contributed by atoms with van der Waals surface area (Å²) in [5.74, 6) is 1.99. The Labute approximate surface area is 106 Å². The highest BCUT2D eigenvalue weighted by atomic mass is 32.1. The van der Waals surface area contributed by atoms with Crippen molar-refractivity contribution < 1.29 is 0 Å². The molecule has 0 aromatic carbocycles. The molecule has 0 aliphatic rings. The fraction of sp³-hybridized carbons (Fsp3) is 0.250. The van der Waals surface area contributed by atoms with E-state index in [9.17, 15) is 0 Å². The second kappa shape index (κ2) is 4.63. The number of nitrogens with two attached hydrogens (primary N) is 1. The Bertz CT molecular complexity index is 545. The van der Waals surface area contributed by atoms with Crippen LogP contribution in [0.4, 0.5) is 0 Å². The summed E-state index contributed by atoms with van der Waals surface area (Å²) in [5.41, 5.74) is 6.47. The summed E-state index contributed by atoms with van der Waals surface area (Å²) in [6.45, 7) is 4.17. The van der Waals surface area contributed by atoms with E-state index in [0.29, 0.717) is 10.9 Å². The van der Waals surface area contributed by atoms with Gasteiger partial charge in [-0.05, 0) is 12.1 Å². The maximum Gasteiger partial charge on any atom is 0.148 e. The number of hydrogen-bond donors (Lipinski definition) is 1. The van der Waals surface area contributed by atoms with Crippen molar-refractivity contribution in [3.63, 3.8) is 0 Å². The van der Waals surface area contributed by atoms with Crippen molar-refractivity contribution in [2.24, 2.45) is 5.73 Å². The van der Waals surface area contributed by atoms with E-state index < -0.39 is 0 Å². The Kier molecular flexibility index (Phi) is 3.19. The molecule has 0 bridgehead atoms. The largest absolute Gasteiger partial charge is 0.389 e. The highest BCUT2D eigenvalue weighted by molar-refractivity contribution is 7.80. The van der Waals surface area contributed by atoms with Crippen LogP contribution in [0, 0.1) is 0 Å². The Morgan fingerprint density at radius 1 is 1.35 bits per heavy atom. The number of hydrogen-bond acceptors (Lipinski definition) is 3. The number of aromatic nitrogens is 3. The molecule has 4 nitrogen and oxygen atoms in total. The predicted molar refractivity (Wildman–Crippen MR) is 71.3 cm³/mol. The lowest BCUT2D eigenvalue weighted by Gasteiger charge is -2.12. The third-order valence-electron chi connectivity index (χ3n) is 2.47. The third-order valence-corrected chi connectivity index (χ3v) is 2.69. The molecule has 0 fully saturated rings. The lowest BCUT2D eigenvalue weighted by Crippen LogP contribution is -2.15. The Balaban J connectivity index is 2.60. The Morgan fingerprint density at radius 2 is 2.12 bits per heavy atom. The molecule has 2 heterocycles. The number of pyridine rings is 1. The van der Waals surface area contributed by atoms with Crippen LogP contribution in [0.2, 0.25) is 0 Å². The van der Waals surface area contributed by atoms with Gasteiger partial charge in [0, 0.05) is 24.5 Å². The van der Waals surface area contributed by atoms with E-state index in [0.717, 1.165) is 17.2 Å². The van der Waals surface area contributed by atoms with E-state index in [4.69, 9.17) is 18.0 Å². The molecule has 2 rings (SSSR count). The van der Waals surface area contributed by atoms with Crippen LogP contribution in [-0.2, 0) is 0 Å². The summed E-state index contributed by atoms with van der Waals surface area (Å²) in [6, 6.07) is 3.69.